The number of carboxylic acid groups (broad SMARTS) is 1. The zero-order valence-corrected chi connectivity index (χ0v) is 11.8. The van der Waals surface area contributed by atoms with Gasteiger partial charge in [-0.2, -0.15) is 0 Å². The minimum absolute atomic E-state index is 0.00772. The predicted molar refractivity (Wildman–Crippen MR) is 78.3 cm³/mol. The molecule has 0 bridgehead atoms. The molecule has 3 amide bonds. The van der Waals surface area contributed by atoms with Crippen molar-refractivity contribution in [3.63, 3.8) is 0 Å². The van der Waals surface area contributed by atoms with Crippen molar-refractivity contribution in [1.29, 1.82) is 0 Å². The summed E-state index contributed by atoms with van der Waals surface area (Å²) in [5.41, 5.74) is 0.214. The maximum atomic E-state index is 11.6. The molecule has 0 aliphatic rings. The van der Waals surface area contributed by atoms with Crippen LogP contribution in [0.3, 0.4) is 0 Å². The minimum Gasteiger partial charge on any atom is -0.478 e. The number of benzene rings is 1. The molecule has 0 radical (unpaired) electrons. The topological polar surface area (TPSA) is 108 Å². The third kappa shape index (κ3) is 5.94. The smallest absolute Gasteiger partial charge is 0.337 e. The molecule has 0 unspecified atom stereocenters. The summed E-state index contributed by atoms with van der Waals surface area (Å²) >= 11 is 0. The Kier molecular flexibility index (Phi) is 6.73. The largest absolute Gasteiger partial charge is 0.478 e. The molecule has 7 heteroatoms. The van der Waals surface area contributed by atoms with E-state index in [1.807, 2.05) is 6.92 Å². The molecule has 0 saturated heterocycles. The Morgan fingerprint density at radius 2 is 1.81 bits per heavy atom. The summed E-state index contributed by atoms with van der Waals surface area (Å²) in [6.45, 7) is 2.74. The molecule has 0 saturated carbocycles. The number of urea groups is 1. The molecule has 0 heterocycles. The van der Waals surface area contributed by atoms with Crippen molar-refractivity contribution in [3.05, 3.63) is 29.8 Å². The average molecular weight is 293 g/mol. The summed E-state index contributed by atoms with van der Waals surface area (Å²) in [5, 5.41) is 16.6. The van der Waals surface area contributed by atoms with Crippen LogP contribution in [0.2, 0.25) is 0 Å². The van der Waals surface area contributed by atoms with Gasteiger partial charge in [0, 0.05) is 19.5 Å². The third-order valence-corrected chi connectivity index (χ3v) is 2.62. The minimum atomic E-state index is -1.12. The van der Waals surface area contributed by atoms with Gasteiger partial charge in [0.1, 0.15) is 0 Å². The van der Waals surface area contributed by atoms with Crippen molar-refractivity contribution in [2.75, 3.05) is 18.4 Å². The molecule has 4 N–H and O–H groups in total. The highest BCUT2D eigenvalue weighted by atomic mass is 16.4. The average Bonchev–Trinajstić information content (AvgIpc) is 2.45. The summed E-state index contributed by atoms with van der Waals surface area (Å²) in [7, 11) is 0. The van der Waals surface area contributed by atoms with E-state index in [1.54, 1.807) is 12.1 Å². The molecule has 7 nitrogen and oxygen atoms in total. The lowest BCUT2D eigenvalue weighted by molar-refractivity contribution is -0.120. The fourth-order valence-corrected chi connectivity index (χ4v) is 1.59. The number of anilines is 1. The Labute approximate surface area is 122 Å². The van der Waals surface area contributed by atoms with Crippen LogP contribution >= 0.6 is 0 Å². The van der Waals surface area contributed by atoms with Crippen LogP contribution in [-0.4, -0.2) is 36.1 Å². The zero-order chi connectivity index (χ0) is 15.7. The van der Waals surface area contributed by atoms with Crippen molar-refractivity contribution in [1.82, 2.24) is 10.6 Å². The molecular weight excluding hydrogens is 274 g/mol. The van der Waals surface area contributed by atoms with Crippen molar-refractivity contribution in [2.45, 2.75) is 19.8 Å². The Balaban J connectivity index is 2.41. The van der Waals surface area contributed by atoms with Crippen molar-refractivity contribution >= 4 is 23.6 Å². The molecule has 0 aromatic heterocycles. The van der Waals surface area contributed by atoms with E-state index in [1.165, 1.54) is 12.1 Å². The van der Waals surface area contributed by atoms with E-state index in [-0.39, 0.29) is 30.1 Å². The lowest BCUT2D eigenvalue weighted by Gasteiger charge is -2.09. The number of nitrogens with one attached hydrogen (secondary N) is 3. The molecule has 0 atom stereocenters. The number of aromatic carboxylic acids is 1. The molecule has 21 heavy (non-hydrogen) atoms. The van der Waals surface area contributed by atoms with Gasteiger partial charge in [-0.15, -0.1) is 0 Å². The van der Waals surface area contributed by atoms with Gasteiger partial charge in [-0.1, -0.05) is 19.1 Å². The van der Waals surface area contributed by atoms with Gasteiger partial charge >= 0.3 is 12.0 Å². The molecule has 1 rings (SSSR count). The van der Waals surface area contributed by atoms with Gasteiger partial charge in [0.25, 0.3) is 0 Å². The van der Waals surface area contributed by atoms with Crippen molar-refractivity contribution < 1.29 is 19.5 Å². The SMILES string of the molecule is CCCNC(=O)CCNC(=O)Nc1ccccc1C(=O)O. The summed E-state index contributed by atoms with van der Waals surface area (Å²) in [5.74, 6) is -1.26. The number of carbonyl (C=O) groups is 3. The Hall–Kier alpha value is -2.57. The number of carboxylic acids is 1. The Morgan fingerprint density at radius 1 is 1.10 bits per heavy atom. The van der Waals surface area contributed by atoms with Gasteiger partial charge in [0.2, 0.25) is 5.91 Å². The quantitative estimate of drug-likeness (QED) is 0.609. The van der Waals surface area contributed by atoms with Crippen LogP contribution < -0.4 is 16.0 Å². The Bertz CT molecular complexity index is 517. The van der Waals surface area contributed by atoms with Crippen LogP contribution in [0.1, 0.15) is 30.1 Å². The van der Waals surface area contributed by atoms with Gasteiger partial charge in [0.15, 0.2) is 0 Å². The number of hydrogen-bond donors (Lipinski definition) is 4. The highest BCUT2D eigenvalue weighted by molar-refractivity contribution is 6.00. The maximum absolute atomic E-state index is 11.6. The van der Waals surface area contributed by atoms with E-state index in [0.29, 0.717) is 6.54 Å². The second-order valence-corrected chi connectivity index (χ2v) is 4.33. The van der Waals surface area contributed by atoms with Gasteiger partial charge in [-0.3, -0.25) is 4.79 Å². The molecule has 0 aliphatic carbocycles. The van der Waals surface area contributed by atoms with E-state index in [2.05, 4.69) is 16.0 Å². The fourth-order valence-electron chi connectivity index (χ4n) is 1.59. The Morgan fingerprint density at radius 3 is 2.48 bits per heavy atom. The molecule has 1 aromatic rings. The number of para-hydroxylation sites is 1. The third-order valence-electron chi connectivity index (χ3n) is 2.62. The molecule has 0 spiro atoms. The maximum Gasteiger partial charge on any atom is 0.337 e. The van der Waals surface area contributed by atoms with Crippen LogP contribution in [0.25, 0.3) is 0 Å². The second-order valence-electron chi connectivity index (χ2n) is 4.33. The molecule has 0 fully saturated rings. The first-order valence-electron chi connectivity index (χ1n) is 6.68. The molecule has 1 aromatic carbocycles. The highest BCUT2D eigenvalue weighted by Crippen LogP contribution is 2.14. The number of amides is 3. The van der Waals surface area contributed by atoms with E-state index in [9.17, 15) is 14.4 Å². The summed E-state index contributed by atoms with van der Waals surface area (Å²) < 4.78 is 0. The first kappa shape index (κ1) is 16.5. The van der Waals surface area contributed by atoms with Crippen molar-refractivity contribution in [2.24, 2.45) is 0 Å². The standard InChI is InChI=1S/C14H19N3O4/c1-2-8-15-12(18)7-9-16-14(21)17-11-6-4-3-5-10(11)13(19)20/h3-6H,2,7-9H2,1H3,(H,15,18)(H,19,20)(H2,16,17,21). The highest BCUT2D eigenvalue weighted by Gasteiger charge is 2.11. The lowest BCUT2D eigenvalue weighted by Crippen LogP contribution is -2.33. The first-order chi connectivity index (χ1) is 10.0. The monoisotopic (exact) mass is 293 g/mol. The van der Waals surface area contributed by atoms with E-state index in [4.69, 9.17) is 5.11 Å². The van der Waals surface area contributed by atoms with Gasteiger partial charge in [0.05, 0.1) is 11.3 Å². The van der Waals surface area contributed by atoms with E-state index in [0.717, 1.165) is 6.42 Å². The fraction of sp³-hybridized carbons (Fsp3) is 0.357. The van der Waals surface area contributed by atoms with Crippen LogP contribution in [0.4, 0.5) is 10.5 Å². The number of hydrogen-bond acceptors (Lipinski definition) is 3. The molecule has 0 aliphatic heterocycles. The summed E-state index contributed by atoms with van der Waals surface area (Å²) in [6.07, 6.45) is 1.03. The summed E-state index contributed by atoms with van der Waals surface area (Å²) in [6, 6.07) is 5.55. The number of rotatable bonds is 7. The first-order valence-corrected chi connectivity index (χ1v) is 6.68. The van der Waals surface area contributed by atoms with Gasteiger partial charge in [-0.05, 0) is 18.6 Å². The normalized spacial score (nSPS) is 9.76. The van der Waals surface area contributed by atoms with Crippen LogP contribution in [0.5, 0.6) is 0 Å². The lowest BCUT2D eigenvalue weighted by atomic mass is 10.2. The van der Waals surface area contributed by atoms with Crippen LogP contribution in [0, 0.1) is 0 Å². The predicted octanol–water partition coefficient (Wildman–Crippen LogP) is 1.42. The molecular formula is C14H19N3O4. The summed E-state index contributed by atoms with van der Waals surface area (Å²) in [4.78, 5) is 33.9. The van der Waals surface area contributed by atoms with E-state index >= 15 is 0 Å². The zero-order valence-electron chi connectivity index (χ0n) is 11.8. The van der Waals surface area contributed by atoms with E-state index < -0.39 is 12.0 Å². The van der Waals surface area contributed by atoms with Gasteiger partial charge in [-0.25, -0.2) is 9.59 Å². The van der Waals surface area contributed by atoms with Crippen molar-refractivity contribution in [3.8, 4) is 0 Å². The number of carbonyl (C=O) groups excluding carboxylic acids is 2. The van der Waals surface area contributed by atoms with Gasteiger partial charge < -0.3 is 21.1 Å². The van der Waals surface area contributed by atoms with Crippen LogP contribution in [-0.2, 0) is 4.79 Å². The van der Waals surface area contributed by atoms with Crippen LogP contribution in [0.15, 0.2) is 24.3 Å². The second kappa shape index (κ2) is 8.57. The molecule has 114 valence electrons.